The molecule has 74 valence electrons. The number of hydrogen-bond donors (Lipinski definition) is 2. The normalized spacial score (nSPS) is 18.8. The molecule has 0 fully saturated rings. The fraction of sp³-hybridized carbons (Fsp3) is 0.625. The lowest BCUT2D eigenvalue weighted by molar-refractivity contribution is -0.138. The molecule has 0 aromatic heterocycles. The van der Waals surface area contributed by atoms with E-state index in [0.717, 1.165) is 12.4 Å². The molecule has 1 aliphatic heterocycles. The first-order chi connectivity index (χ1) is 6.00. The molecule has 1 heterocycles. The predicted molar refractivity (Wildman–Crippen MR) is 48.7 cm³/mol. The summed E-state index contributed by atoms with van der Waals surface area (Å²) in [5, 5.41) is 8.61. The van der Waals surface area contributed by atoms with Crippen LogP contribution in [0.15, 0.2) is 11.9 Å². The van der Waals surface area contributed by atoms with E-state index in [1.165, 1.54) is 0 Å². The summed E-state index contributed by atoms with van der Waals surface area (Å²) < 4.78 is 0. The Bertz CT molecular complexity index is 240. The van der Waals surface area contributed by atoms with Gasteiger partial charge in [-0.3, -0.25) is 4.79 Å². The smallest absolute Gasteiger partial charge is 0.320 e. The molecule has 0 radical (unpaired) electrons. The number of carboxylic acid groups (broad SMARTS) is 1. The lowest BCUT2D eigenvalue weighted by Gasteiger charge is -2.17. The molecule has 0 aromatic carbocycles. The molecule has 1 aliphatic rings. The number of carbonyl (C=O) groups is 1. The van der Waals surface area contributed by atoms with Crippen molar-refractivity contribution in [3.05, 3.63) is 11.9 Å². The molecule has 0 aliphatic carbocycles. The van der Waals surface area contributed by atoms with E-state index in [0.29, 0.717) is 6.42 Å². The predicted octanol–water partition coefficient (Wildman–Crippen LogP) is -0.535. The van der Waals surface area contributed by atoms with Gasteiger partial charge < -0.3 is 20.6 Å². The molecule has 3 N–H and O–H groups in total. The summed E-state index contributed by atoms with van der Waals surface area (Å²) in [5.74, 6) is -0.955. The second-order valence-corrected chi connectivity index (χ2v) is 3.37. The summed E-state index contributed by atoms with van der Waals surface area (Å²) in [6.07, 6.45) is 2.30. The maximum atomic E-state index is 10.5. The van der Waals surface area contributed by atoms with Crippen molar-refractivity contribution in [2.45, 2.75) is 12.5 Å². The molecule has 5 heteroatoms. The highest BCUT2D eigenvalue weighted by atomic mass is 16.4. The van der Waals surface area contributed by atoms with Crippen LogP contribution in [0.25, 0.3) is 0 Å². The molecule has 0 aromatic rings. The molecule has 0 amide bonds. The zero-order valence-corrected chi connectivity index (χ0v) is 7.90. The van der Waals surface area contributed by atoms with Gasteiger partial charge in [0.1, 0.15) is 6.04 Å². The zero-order valence-electron chi connectivity index (χ0n) is 7.90. The van der Waals surface area contributed by atoms with Gasteiger partial charge in [-0.25, -0.2) is 0 Å². The second-order valence-electron chi connectivity index (χ2n) is 3.37. The Labute approximate surface area is 77.4 Å². The molecular formula is C8H15N3O2. The number of nitrogens with zero attached hydrogens (tertiary/aromatic N) is 2. The van der Waals surface area contributed by atoms with Gasteiger partial charge in [-0.15, -0.1) is 0 Å². The number of nitrogens with two attached hydrogens (primary N) is 1. The standard InChI is InChI=1S/C8H15N3O2/c1-10-4-6(11(2)5-10)3-7(9)8(12)13/h4,7H,3,5,9H2,1-2H3,(H,12,13)/t7-/m0/s1. The molecule has 5 nitrogen and oxygen atoms in total. The topological polar surface area (TPSA) is 69.8 Å². The minimum absolute atomic E-state index is 0.385. The first kappa shape index (κ1) is 9.85. The Hall–Kier alpha value is -1.23. The van der Waals surface area contributed by atoms with Crippen molar-refractivity contribution in [1.29, 1.82) is 0 Å². The van der Waals surface area contributed by atoms with Crippen molar-refractivity contribution in [2.75, 3.05) is 20.8 Å². The molecule has 0 saturated heterocycles. The van der Waals surface area contributed by atoms with E-state index in [2.05, 4.69) is 0 Å². The Kier molecular flexibility index (Phi) is 2.77. The van der Waals surface area contributed by atoms with E-state index < -0.39 is 12.0 Å². The summed E-state index contributed by atoms with van der Waals surface area (Å²) in [4.78, 5) is 14.5. The number of carboxylic acids is 1. The molecule has 0 unspecified atom stereocenters. The molecule has 0 saturated carbocycles. The van der Waals surface area contributed by atoms with E-state index in [-0.39, 0.29) is 0 Å². The van der Waals surface area contributed by atoms with Gasteiger partial charge in [0.05, 0.1) is 6.67 Å². The van der Waals surface area contributed by atoms with Crippen molar-refractivity contribution < 1.29 is 9.90 Å². The first-order valence-corrected chi connectivity index (χ1v) is 4.11. The van der Waals surface area contributed by atoms with Crippen LogP contribution in [0.2, 0.25) is 0 Å². The van der Waals surface area contributed by atoms with E-state index in [4.69, 9.17) is 10.8 Å². The molecular weight excluding hydrogens is 170 g/mol. The second kappa shape index (κ2) is 3.66. The first-order valence-electron chi connectivity index (χ1n) is 4.11. The average molecular weight is 185 g/mol. The molecule has 1 rings (SSSR count). The van der Waals surface area contributed by atoms with Crippen molar-refractivity contribution in [2.24, 2.45) is 5.73 Å². The van der Waals surface area contributed by atoms with Crippen LogP contribution in [0, 0.1) is 0 Å². The van der Waals surface area contributed by atoms with Gasteiger partial charge in [-0.1, -0.05) is 0 Å². The highest BCUT2D eigenvalue weighted by Crippen LogP contribution is 2.16. The molecule has 0 bridgehead atoms. The van der Waals surface area contributed by atoms with Crippen LogP contribution >= 0.6 is 0 Å². The number of hydrogen-bond acceptors (Lipinski definition) is 4. The Morgan fingerprint density at radius 1 is 1.77 bits per heavy atom. The van der Waals surface area contributed by atoms with Gasteiger partial charge in [0.15, 0.2) is 0 Å². The Balaban J connectivity index is 2.54. The Morgan fingerprint density at radius 2 is 2.38 bits per heavy atom. The van der Waals surface area contributed by atoms with Crippen molar-refractivity contribution >= 4 is 5.97 Å². The lowest BCUT2D eigenvalue weighted by Crippen LogP contribution is -2.32. The van der Waals surface area contributed by atoms with Crippen LogP contribution in [0.4, 0.5) is 0 Å². The van der Waals surface area contributed by atoms with E-state index >= 15 is 0 Å². The quantitative estimate of drug-likeness (QED) is 0.618. The minimum atomic E-state index is -0.955. The lowest BCUT2D eigenvalue weighted by atomic mass is 10.2. The Morgan fingerprint density at radius 3 is 2.77 bits per heavy atom. The van der Waals surface area contributed by atoms with Gasteiger partial charge in [-0.05, 0) is 0 Å². The highest BCUT2D eigenvalue weighted by molar-refractivity contribution is 5.73. The third kappa shape index (κ3) is 2.35. The maximum absolute atomic E-state index is 10.5. The van der Waals surface area contributed by atoms with Gasteiger partial charge in [0, 0.05) is 32.4 Å². The highest BCUT2D eigenvalue weighted by Gasteiger charge is 2.20. The van der Waals surface area contributed by atoms with Crippen LogP contribution in [0.3, 0.4) is 0 Å². The third-order valence-corrected chi connectivity index (χ3v) is 2.04. The SMILES string of the molecule is CN1C=C(C[C@H](N)C(=O)O)N(C)C1. The van der Waals surface area contributed by atoms with Crippen LogP contribution in [-0.4, -0.2) is 47.7 Å². The van der Waals surface area contributed by atoms with Gasteiger partial charge in [-0.2, -0.15) is 0 Å². The van der Waals surface area contributed by atoms with E-state index in [1.807, 2.05) is 30.1 Å². The largest absolute Gasteiger partial charge is 0.480 e. The molecule has 0 spiro atoms. The minimum Gasteiger partial charge on any atom is -0.480 e. The maximum Gasteiger partial charge on any atom is 0.320 e. The monoisotopic (exact) mass is 185 g/mol. The third-order valence-electron chi connectivity index (χ3n) is 2.04. The van der Waals surface area contributed by atoms with E-state index in [9.17, 15) is 4.79 Å². The summed E-state index contributed by atoms with van der Waals surface area (Å²) in [6.45, 7) is 0.793. The van der Waals surface area contributed by atoms with Gasteiger partial charge in [0.25, 0.3) is 0 Å². The number of aliphatic carboxylic acids is 1. The fourth-order valence-corrected chi connectivity index (χ4v) is 1.34. The molecule has 1 atom stereocenters. The summed E-state index contributed by atoms with van der Waals surface area (Å²) >= 11 is 0. The van der Waals surface area contributed by atoms with Crippen LogP contribution < -0.4 is 5.73 Å². The van der Waals surface area contributed by atoms with Crippen molar-refractivity contribution in [3.8, 4) is 0 Å². The van der Waals surface area contributed by atoms with Crippen molar-refractivity contribution in [1.82, 2.24) is 9.80 Å². The van der Waals surface area contributed by atoms with Gasteiger partial charge >= 0.3 is 5.97 Å². The number of rotatable bonds is 3. The van der Waals surface area contributed by atoms with Crippen molar-refractivity contribution in [3.63, 3.8) is 0 Å². The fourth-order valence-electron chi connectivity index (χ4n) is 1.34. The summed E-state index contributed by atoms with van der Waals surface area (Å²) in [5.41, 5.74) is 6.39. The van der Waals surface area contributed by atoms with Crippen LogP contribution in [0.1, 0.15) is 6.42 Å². The van der Waals surface area contributed by atoms with Crippen LogP contribution in [0.5, 0.6) is 0 Å². The van der Waals surface area contributed by atoms with E-state index in [1.54, 1.807) is 0 Å². The average Bonchev–Trinajstić information content (AvgIpc) is 2.30. The van der Waals surface area contributed by atoms with Crippen LogP contribution in [-0.2, 0) is 4.79 Å². The summed E-state index contributed by atoms with van der Waals surface area (Å²) in [7, 11) is 3.86. The zero-order chi connectivity index (χ0) is 10.0. The summed E-state index contributed by atoms with van der Waals surface area (Å²) in [6, 6.07) is -0.805. The van der Waals surface area contributed by atoms with Gasteiger partial charge in [0.2, 0.25) is 0 Å². The molecule has 13 heavy (non-hydrogen) atoms.